The molecule has 1 fully saturated rings. The number of carbonyl (C=O) groups is 1. The smallest absolute Gasteiger partial charge is 0.347 e. The zero-order chi connectivity index (χ0) is 25.5. The van der Waals surface area contributed by atoms with Crippen LogP contribution >= 0.6 is 0 Å². The molecule has 3 aromatic heterocycles. The Morgan fingerprint density at radius 2 is 1.75 bits per heavy atom. The molecule has 1 aliphatic carbocycles. The molecule has 0 spiro atoms. The third-order valence-corrected chi connectivity index (χ3v) is 5.95. The number of nitrogens with one attached hydrogen (secondary N) is 3. The van der Waals surface area contributed by atoms with Crippen molar-refractivity contribution in [1.82, 2.24) is 25.3 Å². The van der Waals surface area contributed by atoms with Crippen molar-refractivity contribution in [1.29, 1.82) is 0 Å². The number of rotatable bonds is 4. The average Bonchev–Trinajstić information content (AvgIpc) is 3.33. The van der Waals surface area contributed by atoms with Crippen LogP contribution in [0.1, 0.15) is 32.1 Å². The van der Waals surface area contributed by atoms with Gasteiger partial charge in [0.2, 0.25) is 11.5 Å². The van der Waals surface area contributed by atoms with E-state index in [9.17, 15) is 22.8 Å². The van der Waals surface area contributed by atoms with Gasteiger partial charge in [-0.3, -0.25) is 14.6 Å². The molecule has 0 saturated heterocycles. The van der Waals surface area contributed by atoms with Gasteiger partial charge in [0.05, 0.1) is 16.7 Å². The fourth-order valence-corrected chi connectivity index (χ4v) is 4.06. The summed E-state index contributed by atoms with van der Waals surface area (Å²) in [4.78, 5) is 37.2. The second-order valence-electron chi connectivity index (χ2n) is 8.64. The number of pyridine rings is 2. The standard InChI is InChI=1S/C17H12N4O.C9H14F3NO/c22-16-8-6-11(9-19-16)13-7-5-12(10-18-13)17-20-14-3-1-2-4-15(14)21-17;10-9(11,12)6-13-8(14)7-4-2-1-3-5-7/h1-10H,(H,19,22)(H,20,21);7H,1-6H2,(H,13,14). The van der Waals surface area contributed by atoms with E-state index in [4.69, 9.17) is 0 Å². The fraction of sp³-hybridized carbons (Fsp3) is 0.308. The maximum atomic E-state index is 11.8. The van der Waals surface area contributed by atoms with E-state index in [2.05, 4.69) is 19.9 Å². The predicted molar refractivity (Wildman–Crippen MR) is 131 cm³/mol. The number of nitrogens with zero attached hydrogens (tertiary/aromatic N) is 2. The molecular formula is C26H26F3N5O2. The van der Waals surface area contributed by atoms with Crippen LogP contribution in [0.25, 0.3) is 33.7 Å². The van der Waals surface area contributed by atoms with Crippen molar-refractivity contribution in [3.8, 4) is 22.6 Å². The number of para-hydroxylation sites is 2. The van der Waals surface area contributed by atoms with Crippen LogP contribution in [0.15, 0.2) is 65.7 Å². The average molecular weight is 498 g/mol. The van der Waals surface area contributed by atoms with Crippen LogP contribution < -0.4 is 10.9 Å². The lowest BCUT2D eigenvalue weighted by Gasteiger charge is -2.21. The quantitative estimate of drug-likeness (QED) is 0.359. The Hall–Kier alpha value is -3.95. The molecular weight excluding hydrogens is 471 g/mol. The van der Waals surface area contributed by atoms with Crippen LogP contribution in [0.5, 0.6) is 0 Å². The molecule has 3 heterocycles. The Morgan fingerprint density at radius 3 is 2.39 bits per heavy atom. The number of halogens is 3. The summed E-state index contributed by atoms with van der Waals surface area (Å²) in [6.45, 7) is -1.21. The third-order valence-electron chi connectivity index (χ3n) is 5.95. The first-order valence-electron chi connectivity index (χ1n) is 11.7. The highest BCUT2D eigenvalue weighted by Gasteiger charge is 2.29. The van der Waals surface area contributed by atoms with Gasteiger partial charge in [0.1, 0.15) is 12.4 Å². The van der Waals surface area contributed by atoms with Gasteiger partial charge in [0.15, 0.2) is 0 Å². The highest BCUT2D eigenvalue weighted by molar-refractivity contribution is 5.79. The summed E-state index contributed by atoms with van der Waals surface area (Å²) in [5, 5.41) is 1.93. The molecule has 4 aromatic rings. The highest BCUT2D eigenvalue weighted by Crippen LogP contribution is 2.24. The molecule has 5 rings (SSSR count). The molecule has 10 heteroatoms. The molecule has 188 valence electrons. The number of amides is 1. The van der Waals surface area contributed by atoms with Crippen molar-refractivity contribution < 1.29 is 18.0 Å². The molecule has 0 atom stereocenters. The summed E-state index contributed by atoms with van der Waals surface area (Å²) in [5.41, 5.74) is 4.41. The van der Waals surface area contributed by atoms with Crippen LogP contribution in [0, 0.1) is 5.92 Å². The summed E-state index contributed by atoms with van der Waals surface area (Å²) in [7, 11) is 0. The molecule has 0 bridgehead atoms. The lowest BCUT2D eigenvalue weighted by molar-refractivity contribution is -0.141. The van der Waals surface area contributed by atoms with Gasteiger partial charge in [-0.25, -0.2) is 4.98 Å². The Kier molecular flexibility index (Phi) is 7.82. The minimum atomic E-state index is -4.30. The fourth-order valence-electron chi connectivity index (χ4n) is 4.06. The van der Waals surface area contributed by atoms with Crippen LogP contribution in [0.3, 0.4) is 0 Å². The van der Waals surface area contributed by atoms with Crippen LogP contribution in [0.2, 0.25) is 0 Å². The van der Waals surface area contributed by atoms with E-state index in [0.29, 0.717) is 0 Å². The van der Waals surface area contributed by atoms with Gasteiger partial charge in [-0.15, -0.1) is 0 Å². The van der Waals surface area contributed by atoms with Crippen LogP contribution in [-0.4, -0.2) is 38.6 Å². The summed E-state index contributed by atoms with van der Waals surface area (Å²) >= 11 is 0. The lowest BCUT2D eigenvalue weighted by Crippen LogP contribution is -2.38. The van der Waals surface area contributed by atoms with Crippen molar-refractivity contribution in [3.05, 3.63) is 71.3 Å². The SMILES string of the molecule is O=C(NCC(F)(F)F)C1CCCCC1.O=c1ccc(-c2ccc(-c3nc4ccccc4[nH]3)cn2)c[nH]1. The zero-order valence-corrected chi connectivity index (χ0v) is 19.4. The number of aromatic nitrogens is 4. The van der Waals surface area contributed by atoms with Crippen LogP contribution in [0.4, 0.5) is 13.2 Å². The van der Waals surface area contributed by atoms with Crippen LogP contribution in [-0.2, 0) is 4.79 Å². The minimum absolute atomic E-state index is 0.123. The van der Waals surface area contributed by atoms with Gasteiger partial charge >= 0.3 is 6.18 Å². The predicted octanol–water partition coefficient (Wildman–Crippen LogP) is 5.23. The number of hydrogen-bond acceptors (Lipinski definition) is 4. The summed E-state index contributed by atoms with van der Waals surface area (Å²) < 4.78 is 35.3. The molecule has 1 aliphatic rings. The number of aromatic amines is 2. The molecule has 0 aliphatic heterocycles. The Labute approximate surface area is 205 Å². The van der Waals surface area contributed by atoms with Gasteiger partial charge in [-0.05, 0) is 43.2 Å². The first kappa shape index (κ1) is 25.2. The van der Waals surface area contributed by atoms with Gasteiger partial charge in [0.25, 0.3) is 0 Å². The number of benzene rings is 1. The Bertz CT molecular complexity index is 1300. The molecule has 0 radical (unpaired) electrons. The maximum Gasteiger partial charge on any atom is 0.405 e. The van der Waals surface area contributed by atoms with Crippen molar-refractivity contribution in [2.45, 2.75) is 38.3 Å². The van der Waals surface area contributed by atoms with Gasteiger partial charge in [0, 0.05) is 35.5 Å². The van der Waals surface area contributed by atoms with E-state index in [1.165, 1.54) is 6.07 Å². The second-order valence-corrected chi connectivity index (χ2v) is 8.64. The first-order chi connectivity index (χ1) is 17.3. The summed E-state index contributed by atoms with van der Waals surface area (Å²) in [6.07, 6.45) is 3.57. The number of hydrogen-bond donors (Lipinski definition) is 3. The van der Waals surface area contributed by atoms with Crippen molar-refractivity contribution >= 4 is 16.9 Å². The first-order valence-corrected chi connectivity index (χ1v) is 11.7. The number of carbonyl (C=O) groups excluding carboxylic acids is 1. The minimum Gasteiger partial charge on any atom is -0.347 e. The van der Waals surface area contributed by atoms with E-state index in [1.54, 1.807) is 18.5 Å². The normalized spacial score (nSPS) is 14.2. The topological polar surface area (TPSA) is 104 Å². The summed E-state index contributed by atoms with van der Waals surface area (Å²) in [5.74, 6) is 0.148. The molecule has 1 saturated carbocycles. The largest absolute Gasteiger partial charge is 0.405 e. The number of fused-ring (bicyclic) bond motifs is 1. The maximum absolute atomic E-state index is 11.8. The molecule has 1 aromatic carbocycles. The van der Waals surface area contributed by atoms with E-state index >= 15 is 0 Å². The molecule has 3 N–H and O–H groups in total. The third kappa shape index (κ3) is 6.80. The van der Waals surface area contributed by atoms with E-state index < -0.39 is 18.6 Å². The number of imidazole rings is 1. The van der Waals surface area contributed by atoms with Crippen molar-refractivity contribution in [3.63, 3.8) is 0 Å². The van der Waals surface area contributed by atoms with Gasteiger partial charge in [-0.1, -0.05) is 31.4 Å². The Balaban J connectivity index is 0.000000189. The summed E-state index contributed by atoms with van der Waals surface area (Å²) in [6, 6.07) is 15.0. The molecule has 7 nitrogen and oxygen atoms in total. The molecule has 36 heavy (non-hydrogen) atoms. The lowest BCUT2D eigenvalue weighted by atomic mass is 9.89. The highest BCUT2D eigenvalue weighted by atomic mass is 19.4. The van der Waals surface area contributed by atoms with Crippen molar-refractivity contribution in [2.24, 2.45) is 5.92 Å². The van der Waals surface area contributed by atoms with Crippen molar-refractivity contribution in [2.75, 3.05) is 6.54 Å². The number of alkyl halides is 3. The monoisotopic (exact) mass is 497 g/mol. The molecule has 1 amide bonds. The molecule has 0 unspecified atom stereocenters. The second kappa shape index (κ2) is 11.2. The number of H-pyrrole nitrogens is 2. The van der Waals surface area contributed by atoms with E-state index in [0.717, 1.165) is 65.8 Å². The van der Waals surface area contributed by atoms with Gasteiger partial charge < -0.3 is 15.3 Å². The van der Waals surface area contributed by atoms with E-state index in [-0.39, 0.29) is 11.5 Å². The van der Waals surface area contributed by atoms with Gasteiger partial charge in [-0.2, -0.15) is 13.2 Å². The zero-order valence-electron chi connectivity index (χ0n) is 19.4. The van der Waals surface area contributed by atoms with E-state index in [1.807, 2.05) is 41.7 Å². The Morgan fingerprint density at radius 1 is 1.00 bits per heavy atom.